The van der Waals surface area contributed by atoms with Crippen molar-refractivity contribution in [2.45, 2.75) is 31.3 Å². The van der Waals surface area contributed by atoms with Crippen LogP contribution in [0, 0.1) is 0 Å². The molecule has 106 valence electrons. The molecular weight excluding hydrogens is 258 g/mol. The number of benzene rings is 1. The van der Waals surface area contributed by atoms with Crippen molar-refractivity contribution >= 4 is 23.4 Å². The van der Waals surface area contributed by atoms with Crippen LogP contribution in [0.5, 0.6) is 0 Å². The second kappa shape index (κ2) is 7.40. The molecule has 1 amide bonds. The Hall–Kier alpha value is -1.20. The zero-order chi connectivity index (χ0) is 14.4. The van der Waals surface area contributed by atoms with Gasteiger partial charge in [0.05, 0.1) is 6.54 Å². The van der Waals surface area contributed by atoms with Gasteiger partial charge in [0.25, 0.3) is 0 Å². The van der Waals surface area contributed by atoms with Crippen molar-refractivity contribution in [2.75, 3.05) is 24.7 Å². The fourth-order valence-electron chi connectivity index (χ4n) is 1.98. The average Bonchev–Trinajstić information content (AvgIpc) is 2.36. The number of hydrogen-bond donors (Lipinski definition) is 2. The van der Waals surface area contributed by atoms with Crippen molar-refractivity contribution in [2.24, 2.45) is 5.73 Å². The maximum absolute atomic E-state index is 11.8. The van der Waals surface area contributed by atoms with E-state index >= 15 is 0 Å². The molecule has 1 aromatic rings. The highest BCUT2D eigenvalue weighted by Gasteiger charge is 2.13. The van der Waals surface area contributed by atoms with Gasteiger partial charge in [0.15, 0.2) is 0 Å². The third kappa shape index (κ3) is 4.44. The summed E-state index contributed by atoms with van der Waals surface area (Å²) in [4.78, 5) is 14.9. The van der Waals surface area contributed by atoms with Crippen LogP contribution in [0.15, 0.2) is 23.1 Å². The van der Waals surface area contributed by atoms with Crippen LogP contribution in [0.1, 0.15) is 19.4 Å². The molecule has 0 aromatic heterocycles. The SMILES string of the molecule is CSc1cccc(N(C)CC(=O)NC(C)C)c1CN. The van der Waals surface area contributed by atoms with Crippen LogP contribution in [0.4, 0.5) is 5.69 Å². The predicted molar refractivity (Wildman–Crippen MR) is 82.7 cm³/mol. The van der Waals surface area contributed by atoms with E-state index in [0.717, 1.165) is 16.1 Å². The largest absolute Gasteiger partial charge is 0.365 e. The molecule has 0 bridgehead atoms. The number of anilines is 1. The molecule has 0 fully saturated rings. The van der Waals surface area contributed by atoms with Gasteiger partial charge in [-0.3, -0.25) is 4.79 Å². The number of nitrogens with one attached hydrogen (secondary N) is 1. The highest BCUT2D eigenvalue weighted by Crippen LogP contribution is 2.28. The number of rotatable bonds is 6. The minimum Gasteiger partial charge on any atom is -0.365 e. The van der Waals surface area contributed by atoms with Crippen molar-refractivity contribution in [3.8, 4) is 0 Å². The second-order valence-corrected chi connectivity index (χ2v) is 5.59. The Balaban J connectivity index is 2.87. The van der Waals surface area contributed by atoms with Crippen LogP contribution >= 0.6 is 11.8 Å². The van der Waals surface area contributed by atoms with Gasteiger partial charge < -0.3 is 16.0 Å². The van der Waals surface area contributed by atoms with Crippen LogP contribution in [0.3, 0.4) is 0 Å². The smallest absolute Gasteiger partial charge is 0.239 e. The van der Waals surface area contributed by atoms with E-state index in [0.29, 0.717) is 13.1 Å². The molecule has 5 heteroatoms. The van der Waals surface area contributed by atoms with Gasteiger partial charge in [-0.1, -0.05) is 6.07 Å². The van der Waals surface area contributed by atoms with Crippen molar-refractivity contribution in [3.63, 3.8) is 0 Å². The minimum atomic E-state index is 0.0232. The maximum Gasteiger partial charge on any atom is 0.239 e. The van der Waals surface area contributed by atoms with E-state index in [1.807, 2.05) is 44.2 Å². The first-order valence-corrected chi connectivity index (χ1v) is 7.58. The van der Waals surface area contributed by atoms with Gasteiger partial charge in [0.1, 0.15) is 0 Å². The number of thioether (sulfide) groups is 1. The van der Waals surface area contributed by atoms with Crippen molar-refractivity contribution in [1.82, 2.24) is 5.32 Å². The number of likely N-dealkylation sites (N-methyl/N-ethyl adjacent to an activating group) is 1. The van der Waals surface area contributed by atoms with E-state index in [9.17, 15) is 4.79 Å². The van der Waals surface area contributed by atoms with Crippen molar-refractivity contribution in [1.29, 1.82) is 0 Å². The highest BCUT2D eigenvalue weighted by atomic mass is 32.2. The Morgan fingerprint density at radius 1 is 1.47 bits per heavy atom. The van der Waals surface area contributed by atoms with Gasteiger partial charge in [0, 0.05) is 35.8 Å². The predicted octanol–water partition coefficient (Wildman–Crippen LogP) is 1.83. The van der Waals surface area contributed by atoms with E-state index in [1.54, 1.807) is 11.8 Å². The fourth-order valence-corrected chi connectivity index (χ4v) is 2.63. The Bertz CT molecular complexity index is 435. The standard InChI is InChI=1S/C14H23N3OS/c1-10(2)16-14(18)9-17(3)12-6-5-7-13(19-4)11(12)8-15/h5-7,10H,8-9,15H2,1-4H3,(H,16,18). The Kier molecular flexibility index (Phi) is 6.18. The molecule has 0 atom stereocenters. The molecule has 4 nitrogen and oxygen atoms in total. The zero-order valence-corrected chi connectivity index (χ0v) is 12.9. The number of carbonyl (C=O) groups is 1. The van der Waals surface area contributed by atoms with E-state index in [2.05, 4.69) is 11.4 Å². The number of nitrogens with zero attached hydrogens (tertiary/aromatic N) is 1. The van der Waals surface area contributed by atoms with Gasteiger partial charge in [-0.2, -0.15) is 0 Å². The number of nitrogens with two attached hydrogens (primary N) is 1. The number of amides is 1. The summed E-state index contributed by atoms with van der Waals surface area (Å²) in [5.74, 6) is 0.0232. The van der Waals surface area contributed by atoms with E-state index in [4.69, 9.17) is 5.73 Å². The summed E-state index contributed by atoms with van der Waals surface area (Å²) in [7, 11) is 1.92. The first kappa shape index (κ1) is 15.9. The second-order valence-electron chi connectivity index (χ2n) is 4.74. The molecule has 0 aliphatic rings. The monoisotopic (exact) mass is 281 g/mol. The highest BCUT2D eigenvalue weighted by molar-refractivity contribution is 7.98. The molecule has 1 aromatic carbocycles. The van der Waals surface area contributed by atoms with Crippen LogP contribution < -0.4 is 16.0 Å². The summed E-state index contributed by atoms with van der Waals surface area (Å²) in [6.07, 6.45) is 2.03. The quantitative estimate of drug-likeness (QED) is 0.781. The lowest BCUT2D eigenvalue weighted by Gasteiger charge is -2.23. The lowest BCUT2D eigenvalue weighted by Crippen LogP contribution is -2.39. The molecule has 0 aliphatic heterocycles. The summed E-state index contributed by atoms with van der Waals surface area (Å²) in [6.45, 7) is 4.72. The van der Waals surface area contributed by atoms with E-state index < -0.39 is 0 Å². The molecule has 0 saturated carbocycles. The summed E-state index contributed by atoms with van der Waals surface area (Å²) >= 11 is 1.67. The number of carbonyl (C=O) groups excluding carboxylic acids is 1. The lowest BCUT2D eigenvalue weighted by molar-refractivity contribution is -0.120. The lowest BCUT2D eigenvalue weighted by atomic mass is 10.1. The molecule has 0 aliphatic carbocycles. The summed E-state index contributed by atoms with van der Waals surface area (Å²) in [5.41, 5.74) is 7.95. The Morgan fingerprint density at radius 3 is 2.68 bits per heavy atom. The first-order valence-electron chi connectivity index (χ1n) is 6.36. The molecule has 1 rings (SSSR count). The first-order chi connectivity index (χ1) is 8.99. The number of hydrogen-bond acceptors (Lipinski definition) is 4. The van der Waals surface area contributed by atoms with Crippen LogP contribution in [-0.2, 0) is 11.3 Å². The molecular formula is C14H23N3OS. The molecule has 0 saturated heterocycles. The molecule has 0 spiro atoms. The van der Waals surface area contributed by atoms with Gasteiger partial charge in [0.2, 0.25) is 5.91 Å². The minimum absolute atomic E-state index is 0.0232. The Labute approximate surface area is 119 Å². The normalized spacial score (nSPS) is 10.6. The van der Waals surface area contributed by atoms with Crippen molar-refractivity contribution < 1.29 is 4.79 Å². The molecule has 19 heavy (non-hydrogen) atoms. The van der Waals surface area contributed by atoms with Gasteiger partial charge in [-0.05, 0) is 32.2 Å². The van der Waals surface area contributed by atoms with Gasteiger partial charge >= 0.3 is 0 Å². The zero-order valence-electron chi connectivity index (χ0n) is 12.1. The van der Waals surface area contributed by atoms with Crippen molar-refractivity contribution in [3.05, 3.63) is 23.8 Å². The van der Waals surface area contributed by atoms with Gasteiger partial charge in [-0.25, -0.2) is 0 Å². The van der Waals surface area contributed by atoms with Gasteiger partial charge in [-0.15, -0.1) is 11.8 Å². The Morgan fingerprint density at radius 2 is 2.16 bits per heavy atom. The van der Waals surface area contributed by atoms with Crippen LogP contribution in [-0.4, -0.2) is 31.8 Å². The summed E-state index contributed by atoms with van der Waals surface area (Å²) in [6, 6.07) is 6.22. The topological polar surface area (TPSA) is 58.4 Å². The third-order valence-electron chi connectivity index (χ3n) is 2.77. The van der Waals surface area contributed by atoms with E-state index in [-0.39, 0.29) is 11.9 Å². The summed E-state index contributed by atoms with van der Waals surface area (Å²) in [5, 5.41) is 2.89. The average molecular weight is 281 g/mol. The summed E-state index contributed by atoms with van der Waals surface area (Å²) < 4.78 is 0. The fraction of sp³-hybridized carbons (Fsp3) is 0.500. The molecule has 0 heterocycles. The third-order valence-corrected chi connectivity index (χ3v) is 3.60. The van der Waals surface area contributed by atoms with Crippen LogP contribution in [0.2, 0.25) is 0 Å². The maximum atomic E-state index is 11.8. The molecule has 0 unspecified atom stereocenters. The van der Waals surface area contributed by atoms with Crippen LogP contribution in [0.25, 0.3) is 0 Å². The van der Waals surface area contributed by atoms with E-state index in [1.165, 1.54) is 0 Å². The molecule has 3 N–H and O–H groups in total. The molecule has 0 radical (unpaired) electrons.